The van der Waals surface area contributed by atoms with Gasteiger partial charge in [-0.15, -0.1) is 0 Å². The summed E-state index contributed by atoms with van der Waals surface area (Å²) in [5.74, 6) is -1.19. The number of carbonyl (C=O) groups excluding carboxylic acids is 3. The second kappa shape index (κ2) is 9.42. The molecule has 0 rings (SSSR count). The van der Waals surface area contributed by atoms with Crippen LogP contribution in [0.3, 0.4) is 0 Å². The number of hydrogen-bond donors (Lipinski definition) is 0. The lowest BCUT2D eigenvalue weighted by molar-refractivity contribution is -0.233. The zero-order valence-corrected chi connectivity index (χ0v) is 11.5. The lowest BCUT2D eigenvalue weighted by Crippen LogP contribution is -2.50. The van der Waals surface area contributed by atoms with Crippen LogP contribution in [0.5, 0.6) is 0 Å². The summed E-state index contributed by atoms with van der Waals surface area (Å²) in [6.07, 6.45) is -0.537. The molecule has 0 aliphatic rings. The first-order valence-electron chi connectivity index (χ1n) is 5.47. The zero-order chi connectivity index (χ0) is 14.8. The molecular formula is C11H19NO7. The van der Waals surface area contributed by atoms with Crippen LogP contribution < -0.4 is 0 Å². The minimum Gasteiger partial charge on any atom is -0.468 e. The molecule has 110 valence electrons. The molecule has 0 saturated heterocycles. The van der Waals surface area contributed by atoms with Gasteiger partial charge in [0.1, 0.15) is 19.1 Å². The van der Waals surface area contributed by atoms with Crippen LogP contribution in [-0.4, -0.2) is 63.6 Å². The number of aldehydes is 1. The summed E-state index contributed by atoms with van der Waals surface area (Å²) in [6.45, 7) is 0.953. The molecule has 0 bridgehead atoms. The summed E-state index contributed by atoms with van der Waals surface area (Å²) in [7, 11) is 3.90. The van der Waals surface area contributed by atoms with Gasteiger partial charge in [-0.05, 0) is 0 Å². The fourth-order valence-corrected chi connectivity index (χ4v) is 1.42. The van der Waals surface area contributed by atoms with E-state index in [1.807, 2.05) is 0 Å². The molecule has 0 heterocycles. The normalized spacial score (nSPS) is 12.3. The van der Waals surface area contributed by atoms with E-state index in [1.54, 1.807) is 0 Å². The second-order valence-electron chi connectivity index (χ2n) is 3.50. The molecule has 1 atom stereocenters. The van der Waals surface area contributed by atoms with E-state index in [0.29, 0.717) is 6.29 Å². The Morgan fingerprint density at radius 1 is 1.21 bits per heavy atom. The molecule has 0 fully saturated rings. The monoisotopic (exact) mass is 277 g/mol. The maximum Gasteiger partial charge on any atom is 0.323 e. The molecule has 8 nitrogen and oxygen atoms in total. The Kier molecular flexibility index (Phi) is 8.68. The van der Waals surface area contributed by atoms with Crippen LogP contribution in [0.25, 0.3) is 0 Å². The van der Waals surface area contributed by atoms with Gasteiger partial charge in [0.05, 0.1) is 7.11 Å². The molecule has 0 aliphatic carbocycles. The Labute approximate surface area is 111 Å². The predicted octanol–water partition coefficient (Wildman–Crippen LogP) is -0.484. The maximum absolute atomic E-state index is 11.6. The van der Waals surface area contributed by atoms with Crippen molar-refractivity contribution in [3.05, 3.63) is 0 Å². The van der Waals surface area contributed by atoms with E-state index in [0.717, 1.165) is 0 Å². The van der Waals surface area contributed by atoms with E-state index < -0.39 is 24.4 Å². The van der Waals surface area contributed by atoms with Crippen LogP contribution in [0.1, 0.15) is 13.3 Å². The van der Waals surface area contributed by atoms with Crippen molar-refractivity contribution in [1.82, 2.24) is 4.90 Å². The minimum absolute atomic E-state index is 0.142. The van der Waals surface area contributed by atoms with E-state index >= 15 is 0 Å². The highest BCUT2D eigenvalue weighted by Gasteiger charge is 2.33. The van der Waals surface area contributed by atoms with Crippen LogP contribution in [0.15, 0.2) is 0 Å². The quantitative estimate of drug-likeness (QED) is 0.317. The van der Waals surface area contributed by atoms with E-state index in [-0.39, 0.29) is 13.2 Å². The van der Waals surface area contributed by atoms with E-state index in [4.69, 9.17) is 14.2 Å². The van der Waals surface area contributed by atoms with Crippen molar-refractivity contribution in [3.63, 3.8) is 0 Å². The number of carbonyl (C=O) groups is 3. The van der Waals surface area contributed by atoms with Gasteiger partial charge in [-0.2, -0.15) is 0 Å². The van der Waals surface area contributed by atoms with Crippen LogP contribution in [0.2, 0.25) is 0 Å². The number of esters is 2. The summed E-state index contributed by atoms with van der Waals surface area (Å²) >= 11 is 0. The van der Waals surface area contributed by atoms with E-state index in [9.17, 15) is 14.4 Å². The summed E-state index contributed by atoms with van der Waals surface area (Å²) < 4.78 is 19.4. The lowest BCUT2D eigenvalue weighted by atomic mass is 10.2. The fourth-order valence-electron chi connectivity index (χ4n) is 1.42. The van der Waals surface area contributed by atoms with Gasteiger partial charge in [0.25, 0.3) is 0 Å². The predicted molar refractivity (Wildman–Crippen MR) is 62.8 cm³/mol. The van der Waals surface area contributed by atoms with Gasteiger partial charge in [0.2, 0.25) is 6.41 Å². The standard InChI is InChI=1S/C11H19NO7/c1-8(14)19-7-12(11(17-3)18-4)9(5-6-13)10(15)16-2/h6,9,11H,5,7H2,1-4H3/t9-/m0/s1. The number of methoxy groups -OCH3 is 3. The number of hydrogen-bond acceptors (Lipinski definition) is 8. The highest BCUT2D eigenvalue weighted by Crippen LogP contribution is 2.12. The Bertz CT molecular complexity index is 303. The zero-order valence-electron chi connectivity index (χ0n) is 11.5. The van der Waals surface area contributed by atoms with Crippen LogP contribution in [0, 0.1) is 0 Å². The summed E-state index contributed by atoms with van der Waals surface area (Å²) in [4.78, 5) is 34.4. The largest absolute Gasteiger partial charge is 0.468 e. The average Bonchev–Trinajstić information content (AvgIpc) is 2.40. The highest BCUT2D eigenvalue weighted by atomic mass is 16.7. The Morgan fingerprint density at radius 3 is 2.16 bits per heavy atom. The van der Waals surface area contributed by atoms with Crippen molar-refractivity contribution in [2.45, 2.75) is 25.8 Å². The summed E-state index contributed by atoms with van der Waals surface area (Å²) in [5, 5.41) is 0. The first kappa shape index (κ1) is 17.5. The molecule has 8 heteroatoms. The third-order valence-corrected chi connectivity index (χ3v) is 2.28. The van der Waals surface area contributed by atoms with Crippen LogP contribution in [0.4, 0.5) is 0 Å². The topological polar surface area (TPSA) is 91.4 Å². The summed E-state index contributed by atoms with van der Waals surface area (Å²) in [6, 6.07) is -0.966. The number of nitrogens with zero attached hydrogens (tertiary/aromatic N) is 1. The smallest absolute Gasteiger partial charge is 0.323 e. The molecular weight excluding hydrogens is 258 g/mol. The Hall–Kier alpha value is -1.51. The SMILES string of the molecule is COC(=O)[C@H](CC=O)N(COC(C)=O)C(OC)OC. The molecule has 0 spiro atoms. The molecule has 0 aromatic heterocycles. The van der Waals surface area contributed by atoms with E-state index in [1.165, 1.54) is 33.2 Å². The van der Waals surface area contributed by atoms with Crippen molar-refractivity contribution < 1.29 is 33.3 Å². The van der Waals surface area contributed by atoms with Gasteiger partial charge in [-0.3, -0.25) is 9.59 Å². The minimum atomic E-state index is -0.966. The van der Waals surface area contributed by atoms with Crippen molar-refractivity contribution >= 4 is 18.2 Å². The summed E-state index contributed by atoms with van der Waals surface area (Å²) in [5.41, 5.74) is 0. The molecule has 0 N–H and O–H groups in total. The first-order chi connectivity index (χ1) is 9.01. The highest BCUT2D eigenvalue weighted by molar-refractivity contribution is 5.78. The van der Waals surface area contributed by atoms with Crippen LogP contribution in [-0.2, 0) is 33.3 Å². The maximum atomic E-state index is 11.6. The molecule has 0 unspecified atom stereocenters. The number of rotatable bonds is 9. The molecule has 0 aromatic carbocycles. The molecule has 0 radical (unpaired) electrons. The van der Waals surface area contributed by atoms with E-state index in [2.05, 4.69) is 4.74 Å². The number of ether oxygens (including phenoxy) is 4. The van der Waals surface area contributed by atoms with Gasteiger partial charge in [-0.25, -0.2) is 4.90 Å². The molecule has 0 saturated carbocycles. The Balaban J connectivity index is 5.06. The van der Waals surface area contributed by atoms with Crippen molar-refractivity contribution in [1.29, 1.82) is 0 Å². The second-order valence-corrected chi connectivity index (χ2v) is 3.50. The Morgan fingerprint density at radius 2 is 1.79 bits per heavy atom. The molecule has 19 heavy (non-hydrogen) atoms. The third kappa shape index (κ3) is 5.77. The molecule has 0 aromatic rings. The van der Waals surface area contributed by atoms with Gasteiger partial charge < -0.3 is 23.7 Å². The van der Waals surface area contributed by atoms with Crippen molar-refractivity contribution in [2.75, 3.05) is 28.1 Å². The average molecular weight is 277 g/mol. The molecule has 0 amide bonds. The third-order valence-electron chi connectivity index (χ3n) is 2.28. The van der Waals surface area contributed by atoms with Gasteiger partial charge in [0.15, 0.2) is 0 Å². The van der Waals surface area contributed by atoms with Crippen LogP contribution >= 0.6 is 0 Å². The van der Waals surface area contributed by atoms with Gasteiger partial charge in [0, 0.05) is 27.6 Å². The van der Waals surface area contributed by atoms with Crippen molar-refractivity contribution in [3.8, 4) is 0 Å². The van der Waals surface area contributed by atoms with Gasteiger partial charge >= 0.3 is 11.9 Å². The van der Waals surface area contributed by atoms with Crippen molar-refractivity contribution in [2.24, 2.45) is 0 Å². The lowest BCUT2D eigenvalue weighted by Gasteiger charge is -2.32. The van der Waals surface area contributed by atoms with Gasteiger partial charge in [-0.1, -0.05) is 0 Å². The fraction of sp³-hybridized carbons (Fsp3) is 0.727. The molecule has 0 aliphatic heterocycles. The first-order valence-corrected chi connectivity index (χ1v) is 5.47.